The number of sulfonamides is 1. The average molecular weight is 416 g/mol. The number of hydrogen-bond acceptors (Lipinski definition) is 4. The maximum absolute atomic E-state index is 12.7. The van der Waals surface area contributed by atoms with E-state index in [0.717, 1.165) is 30.8 Å². The van der Waals surface area contributed by atoms with Gasteiger partial charge < -0.3 is 10.2 Å². The maximum Gasteiger partial charge on any atom is 0.253 e. The Hall–Kier alpha value is -2.54. The molecule has 0 spiro atoms. The first-order valence-corrected chi connectivity index (χ1v) is 11.8. The summed E-state index contributed by atoms with van der Waals surface area (Å²) in [5.74, 6) is 0.471. The van der Waals surface area contributed by atoms with Gasteiger partial charge in [0.15, 0.2) is 0 Å². The van der Waals surface area contributed by atoms with Crippen molar-refractivity contribution < 1.29 is 13.2 Å². The molecule has 156 valence electrons. The van der Waals surface area contributed by atoms with Crippen molar-refractivity contribution in [3.63, 3.8) is 0 Å². The predicted octanol–water partition coefficient (Wildman–Crippen LogP) is 3.79. The van der Waals surface area contributed by atoms with Crippen molar-refractivity contribution in [3.05, 3.63) is 59.7 Å². The van der Waals surface area contributed by atoms with E-state index in [1.54, 1.807) is 24.3 Å². The normalized spacial score (nSPS) is 16.3. The van der Waals surface area contributed by atoms with Gasteiger partial charge in [-0.25, -0.2) is 8.42 Å². The Labute approximate surface area is 173 Å². The minimum absolute atomic E-state index is 0.204. The molecule has 2 aromatic carbocycles. The molecule has 1 atom stereocenters. The van der Waals surface area contributed by atoms with Crippen molar-refractivity contribution >= 4 is 27.3 Å². The second-order valence-electron chi connectivity index (χ2n) is 7.88. The third-order valence-electron chi connectivity index (χ3n) is 5.36. The van der Waals surface area contributed by atoms with E-state index < -0.39 is 10.0 Å². The van der Waals surface area contributed by atoms with Crippen molar-refractivity contribution in [2.45, 2.75) is 32.7 Å². The molecule has 3 rings (SSSR count). The Morgan fingerprint density at radius 2 is 1.69 bits per heavy atom. The summed E-state index contributed by atoms with van der Waals surface area (Å²) in [4.78, 5) is 15.1. The molecular weight excluding hydrogens is 386 g/mol. The van der Waals surface area contributed by atoms with Crippen LogP contribution in [0.1, 0.15) is 48.7 Å². The fourth-order valence-electron chi connectivity index (χ4n) is 3.57. The number of nitrogens with zero attached hydrogens (tertiary/aromatic N) is 1. The lowest BCUT2D eigenvalue weighted by molar-refractivity contribution is 0.0941. The molecule has 7 heteroatoms. The highest BCUT2D eigenvalue weighted by Gasteiger charge is 2.18. The van der Waals surface area contributed by atoms with Crippen LogP contribution in [0.2, 0.25) is 0 Å². The first-order chi connectivity index (χ1) is 13.7. The molecule has 0 aromatic heterocycles. The number of nitrogens with one attached hydrogen (secondary N) is 2. The van der Waals surface area contributed by atoms with Gasteiger partial charge in [0.2, 0.25) is 10.0 Å². The summed E-state index contributed by atoms with van der Waals surface area (Å²) in [5, 5.41) is 2.96. The lowest BCUT2D eigenvalue weighted by Crippen LogP contribution is -2.32. The van der Waals surface area contributed by atoms with E-state index >= 15 is 0 Å². The zero-order valence-electron chi connectivity index (χ0n) is 17.2. The Morgan fingerprint density at radius 1 is 1.07 bits per heavy atom. The van der Waals surface area contributed by atoms with Gasteiger partial charge in [-0.2, -0.15) is 0 Å². The molecule has 6 nitrogen and oxygen atoms in total. The van der Waals surface area contributed by atoms with Crippen LogP contribution >= 0.6 is 0 Å². The van der Waals surface area contributed by atoms with E-state index in [9.17, 15) is 13.2 Å². The fourth-order valence-corrected chi connectivity index (χ4v) is 4.15. The molecule has 0 saturated carbocycles. The van der Waals surface area contributed by atoms with Gasteiger partial charge in [0.25, 0.3) is 5.91 Å². The van der Waals surface area contributed by atoms with Crippen LogP contribution in [0, 0.1) is 5.92 Å². The molecule has 1 amide bonds. The van der Waals surface area contributed by atoms with Crippen LogP contribution in [-0.2, 0) is 10.0 Å². The molecule has 2 N–H and O–H groups in total. The highest BCUT2D eigenvalue weighted by Crippen LogP contribution is 2.25. The quantitative estimate of drug-likeness (QED) is 0.752. The van der Waals surface area contributed by atoms with Crippen LogP contribution in [0.3, 0.4) is 0 Å². The van der Waals surface area contributed by atoms with Crippen LogP contribution in [0.25, 0.3) is 0 Å². The average Bonchev–Trinajstić information content (AvgIpc) is 2.68. The first-order valence-electron chi connectivity index (χ1n) is 9.95. The first kappa shape index (κ1) is 21.2. The second-order valence-corrected chi connectivity index (χ2v) is 9.62. The largest absolute Gasteiger partial charge is 0.372 e. The summed E-state index contributed by atoms with van der Waals surface area (Å²) < 4.78 is 25.5. The van der Waals surface area contributed by atoms with Crippen LogP contribution in [0.5, 0.6) is 0 Å². The van der Waals surface area contributed by atoms with Crippen molar-refractivity contribution in [1.29, 1.82) is 0 Å². The van der Waals surface area contributed by atoms with Gasteiger partial charge in [-0.3, -0.25) is 9.52 Å². The molecule has 0 aliphatic carbocycles. The topological polar surface area (TPSA) is 78.5 Å². The summed E-state index contributed by atoms with van der Waals surface area (Å²) in [6.45, 7) is 6.38. The molecule has 0 bridgehead atoms. The van der Waals surface area contributed by atoms with Gasteiger partial charge in [0.1, 0.15) is 0 Å². The molecule has 0 radical (unpaired) electrons. The minimum Gasteiger partial charge on any atom is -0.372 e. The Bertz CT molecular complexity index is 950. The Kier molecular flexibility index (Phi) is 6.47. The second kappa shape index (κ2) is 8.86. The molecule has 1 aliphatic heterocycles. The number of benzene rings is 2. The summed E-state index contributed by atoms with van der Waals surface area (Å²) in [6, 6.07) is 14.7. The monoisotopic (exact) mass is 415 g/mol. The molecule has 1 saturated heterocycles. The van der Waals surface area contributed by atoms with Crippen LogP contribution in [-0.4, -0.2) is 33.7 Å². The zero-order chi connectivity index (χ0) is 21.0. The van der Waals surface area contributed by atoms with Crippen molar-refractivity contribution in [2.24, 2.45) is 5.92 Å². The lowest BCUT2D eigenvalue weighted by Gasteiger charge is -2.32. The van der Waals surface area contributed by atoms with E-state index in [2.05, 4.69) is 34.0 Å². The highest BCUT2D eigenvalue weighted by atomic mass is 32.2. The summed E-state index contributed by atoms with van der Waals surface area (Å²) in [5.41, 5.74) is 2.78. The van der Waals surface area contributed by atoms with Crippen molar-refractivity contribution in [2.75, 3.05) is 29.0 Å². The van der Waals surface area contributed by atoms with Crippen LogP contribution in [0.4, 0.5) is 11.4 Å². The van der Waals surface area contributed by atoms with Gasteiger partial charge in [0, 0.05) is 18.8 Å². The molecule has 1 fully saturated rings. The SMILES string of the molecule is CC1CCN(c2ccc([C@@H](C)NC(=O)c3ccccc3NS(C)(=O)=O)cc2)CC1. The van der Waals surface area contributed by atoms with E-state index in [-0.39, 0.29) is 17.6 Å². The van der Waals surface area contributed by atoms with E-state index in [0.29, 0.717) is 5.56 Å². The van der Waals surface area contributed by atoms with E-state index in [4.69, 9.17) is 0 Å². The van der Waals surface area contributed by atoms with Gasteiger partial charge in [-0.05, 0) is 55.5 Å². The summed E-state index contributed by atoms with van der Waals surface area (Å²) in [6.07, 6.45) is 3.50. The minimum atomic E-state index is -3.47. The summed E-state index contributed by atoms with van der Waals surface area (Å²) >= 11 is 0. The summed E-state index contributed by atoms with van der Waals surface area (Å²) in [7, 11) is -3.47. The molecule has 2 aromatic rings. The number of amides is 1. The molecule has 0 unspecified atom stereocenters. The molecular formula is C22H29N3O3S. The fraction of sp³-hybridized carbons (Fsp3) is 0.409. The van der Waals surface area contributed by atoms with Gasteiger partial charge in [-0.15, -0.1) is 0 Å². The number of rotatable bonds is 6. The van der Waals surface area contributed by atoms with Gasteiger partial charge >= 0.3 is 0 Å². The zero-order valence-corrected chi connectivity index (χ0v) is 18.0. The Morgan fingerprint density at radius 3 is 2.31 bits per heavy atom. The number of hydrogen-bond donors (Lipinski definition) is 2. The van der Waals surface area contributed by atoms with Crippen molar-refractivity contribution in [1.82, 2.24) is 5.32 Å². The van der Waals surface area contributed by atoms with E-state index in [1.165, 1.54) is 18.5 Å². The molecule has 1 aliphatic rings. The van der Waals surface area contributed by atoms with Crippen LogP contribution < -0.4 is 14.9 Å². The predicted molar refractivity (Wildman–Crippen MR) is 118 cm³/mol. The number of carbonyl (C=O) groups excluding carboxylic acids is 1. The smallest absolute Gasteiger partial charge is 0.253 e. The third-order valence-corrected chi connectivity index (χ3v) is 5.95. The van der Waals surface area contributed by atoms with E-state index in [1.807, 2.05) is 19.1 Å². The number of para-hydroxylation sites is 1. The Balaban J connectivity index is 1.67. The molecule has 29 heavy (non-hydrogen) atoms. The number of piperidine rings is 1. The van der Waals surface area contributed by atoms with Crippen molar-refractivity contribution in [3.8, 4) is 0 Å². The number of carbonyl (C=O) groups is 1. The van der Waals surface area contributed by atoms with Crippen LogP contribution in [0.15, 0.2) is 48.5 Å². The third kappa shape index (κ3) is 5.73. The maximum atomic E-state index is 12.7. The molecule has 1 heterocycles. The number of anilines is 2. The standard InChI is InChI=1S/C22H29N3O3S/c1-16-12-14-25(15-13-16)19-10-8-18(9-11-19)17(2)23-22(26)20-6-4-5-7-21(20)24-29(3,27)28/h4-11,16-17,24H,12-15H2,1-3H3,(H,23,26)/t17-/m1/s1. The van der Waals surface area contributed by atoms with Gasteiger partial charge in [-0.1, -0.05) is 31.2 Å². The van der Waals surface area contributed by atoms with Gasteiger partial charge in [0.05, 0.1) is 23.5 Å². The highest BCUT2D eigenvalue weighted by molar-refractivity contribution is 7.92. The lowest BCUT2D eigenvalue weighted by atomic mass is 9.98.